The van der Waals surface area contributed by atoms with Gasteiger partial charge in [0.25, 0.3) is 0 Å². The van der Waals surface area contributed by atoms with Crippen molar-refractivity contribution in [2.45, 2.75) is 32.7 Å². The highest BCUT2D eigenvalue weighted by molar-refractivity contribution is 5.89. The summed E-state index contributed by atoms with van der Waals surface area (Å²) in [5, 5.41) is 2.75. The van der Waals surface area contributed by atoms with Gasteiger partial charge in [-0.2, -0.15) is 0 Å². The second-order valence-electron chi connectivity index (χ2n) is 5.80. The number of aryl methyl sites for hydroxylation is 1. The Balaban J connectivity index is 2.04. The highest BCUT2D eigenvalue weighted by atomic mass is 19.1. The Morgan fingerprint density at radius 2 is 2.14 bits per heavy atom. The van der Waals surface area contributed by atoms with Gasteiger partial charge in [-0.25, -0.2) is 8.78 Å². The lowest BCUT2D eigenvalue weighted by atomic mass is 9.98. The molecule has 22 heavy (non-hydrogen) atoms. The van der Waals surface area contributed by atoms with Gasteiger partial charge in [0.2, 0.25) is 11.8 Å². The second-order valence-corrected chi connectivity index (χ2v) is 5.80. The molecule has 1 aliphatic heterocycles. The number of halogens is 2. The van der Waals surface area contributed by atoms with Gasteiger partial charge < -0.3 is 10.2 Å². The van der Waals surface area contributed by atoms with E-state index in [4.69, 9.17) is 0 Å². The molecule has 1 aliphatic rings. The minimum absolute atomic E-state index is 0.00449. The standard InChI is InChI=1S/C16H20F2N2O2/c1-10(2)15-16(22)19-7-8-20(15)14(21)6-3-11-9-12(17)4-5-13(11)18/h4-5,9-10,15H,3,6-8H2,1-2H3,(H,19,22). The van der Waals surface area contributed by atoms with Crippen molar-refractivity contribution in [1.29, 1.82) is 0 Å². The molecule has 1 N–H and O–H groups in total. The van der Waals surface area contributed by atoms with Gasteiger partial charge in [-0.1, -0.05) is 13.8 Å². The van der Waals surface area contributed by atoms with Crippen molar-refractivity contribution in [2.24, 2.45) is 5.92 Å². The van der Waals surface area contributed by atoms with E-state index in [2.05, 4.69) is 5.32 Å². The first kappa shape index (κ1) is 16.4. The summed E-state index contributed by atoms with van der Waals surface area (Å²) < 4.78 is 26.7. The average Bonchev–Trinajstić information content (AvgIpc) is 2.47. The molecule has 1 atom stereocenters. The van der Waals surface area contributed by atoms with Crippen molar-refractivity contribution in [1.82, 2.24) is 10.2 Å². The average molecular weight is 310 g/mol. The fraction of sp³-hybridized carbons (Fsp3) is 0.500. The zero-order valence-electron chi connectivity index (χ0n) is 12.7. The highest BCUT2D eigenvalue weighted by Crippen LogP contribution is 2.17. The number of carbonyl (C=O) groups is 2. The van der Waals surface area contributed by atoms with Crippen LogP contribution in [0.3, 0.4) is 0 Å². The third-order valence-electron chi connectivity index (χ3n) is 3.82. The first-order chi connectivity index (χ1) is 10.4. The van der Waals surface area contributed by atoms with E-state index in [0.29, 0.717) is 13.1 Å². The highest BCUT2D eigenvalue weighted by Gasteiger charge is 2.34. The Kier molecular flexibility index (Phi) is 5.11. The number of rotatable bonds is 4. The molecule has 0 aromatic heterocycles. The second kappa shape index (κ2) is 6.85. The molecular weight excluding hydrogens is 290 g/mol. The van der Waals surface area contributed by atoms with Crippen LogP contribution < -0.4 is 5.32 Å². The lowest BCUT2D eigenvalue weighted by Crippen LogP contribution is -2.59. The van der Waals surface area contributed by atoms with E-state index in [1.165, 1.54) is 0 Å². The summed E-state index contributed by atoms with van der Waals surface area (Å²) in [4.78, 5) is 25.8. The number of hydrogen-bond donors (Lipinski definition) is 1. The summed E-state index contributed by atoms with van der Waals surface area (Å²) >= 11 is 0. The molecule has 2 amide bonds. The van der Waals surface area contributed by atoms with E-state index >= 15 is 0 Å². The van der Waals surface area contributed by atoms with E-state index in [0.717, 1.165) is 18.2 Å². The van der Waals surface area contributed by atoms with Gasteiger partial charge in [0, 0.05) is 19.5 Å². The smallest absolute Gasteiger partial charge is 0.243 e. The SMILES string of the molecule is CC(C)C1C(=O)NCCN1C(=O)CCc1cc(F)ccc1F. The number of nitrogens with one attached hydrogen (secondary N) is 1. The Labute approximate surface area is 128 Å². The molecule has 4 nitrogen and oxygen atoms in total. The topological polar surface area (TPSA) is 49.4 Å². The van der Waals surface area contributed by atoms with Crippen LogP contribution in [-0.2, 0) is 16.0 Å². The van der Waals surface area contributed by atoms with Gasteiger partial charge in [-0.15, -0.1) is 0 Å². The van der Waals surface area contributed by atoms with Crippen molar-refractivity contribution >= 4 is 11.8 Å². The van der Waals surface area contributed by atoms with Crippen LogP contribution in [0.15, 0.2) is 18.2 Å². The fourth-order valence-corrected chi connectivity index (χ4v) is 2.75. The number of benzene rings is 1. The van der Waals surface area contributed by atoms with Gasteiger partial charge in [0.1, 0.15) is 17.7 Å². The molecule has 1 fully saturated rings. The summed E-state index contributed by atoms with van der Waals surface area (Å²) in [7, 11) is 0. The lowest BCUT2D eigenvalue weighted by Gasteiger charge is -2.37. The maximum absolute atomic E-state index is 13.6. The van der Waals surface area contributed by atoms with E-state index in [-0.39, 0.29) is 36.1 Å². The Morgan fingerprint density at radius 3 is 2.82 bits per heavy atom. The summed E-state index contributed by atoms with van der Waals surface area (Å²) in [6.07, 6.45) is 0.169. The van der Waals surface area contributed by atoms with E-state index in [9.17, 15) is 18.4 Å². The maximum Gasteiger partial charge on any atom is 0.243 e. The lowest BCUT2D eigenvalue weighted by molar-refractivity contribution is -0.145. The van der Waals surface area contributed by atoms with Crippen molar-refractivity contribution in [2.75, 3.05) is 13.1 Å². The minimum Gasteiger partial charge on any atom is -0.353 e. The fourth-order valence-electron chi connectivity index (χ4n) is 2.75. The molecule has 1 saturated heterocycles. The minimum atomic E-state index is -0.527. The number of carbonyl (C=O) groups excluding carboxylic acids is 2. The van der Waals surface area contributed by atoms with Crippen LogP contribution in [0.25, 0.3) is 0 Å². The van der Waals surface area contributed by atoms with Gasteiger partial charge >= 0.3 is 0 Å². The maximum atomic E-state index is 13.6. The molecule has 0 bridgehead atoms. The van der Waals surface area contributed by atoms with Crippen LogP contribution in [0.4, 0.5) is 8.78 Å². The van der Waals surface area contributed by atoms with Crippen LogP contribution >= 0.6 is 0 Å². The summed E-state index contributed by atoms with van der Waals surface area (Å²) in [6.45, 7) is 4.62. The van der Waals surface area contributed by atoms with E-state index in [1.807, 2.05) is 13.8 Å². The Bertz CT molecular complexity index is 575. The number of amides is 2. The van der Waals surface area contributed by atoms with E-state index < -0.39 is 17.7 Å². The van der Waals surface area contributed by atoms with Crippen LogP contribution in [0.2, 0.25) is 0 Å². The van der Waals surface area contributed by atoms with Gasteiger partial charge in [-0.05, 0) is 36.1 Å². The molecule has 6 heteroatoms. The summed E-state index contributed by atoms with van der Waals surface area (Å²) in [6, 6.07) is 2.70. The number of hydrogen-bond acceptors (Lipinski definition) is 2. The van der Waals surface area contributed by atoms with Crippen LogP contribution in [0.5, 0.6) is 0 Å². The van der Waals surface area contributed by atoms with Crippen molar-refractivity contribution in [3.8, 4) is 0 Å². The molecule has 1 aromatic rings. The van der Waals surface area contributed by atoms with Crippen LogP contribution in [0, 0.1) is 17.6 Å². The third kappa shape index (κ3) is 3.61. The predicted octanol–water partition coefficient (Wildman–Crippen LogP) is 1.88. The van der Waals surface area contributed by atoms with Gasteiger partial charge in [-0.3, -0.25) is 9.59 Å². The van der Waals surface area contributed by atoms with Crippen molar-refractivity contribution in [3.63, 3.8) is 0 Å². The zero-order chi connectivity index (χ0) is 16.3. The van der Waals surface area contributed by atoms with Gasteiger partial charge in [0.05, 0.1) is 0 Å². The van der Waals surface area contributed by atoms with E-state index in [1.54, 1.807) is 4.90 Å². The molecule has 2 rings (SSSR count). The third-order valence-corrected chi connectivity index (χ3v) is 3.82. The molecule has 0 radical (unpaired) electrons. The molecular formula is C16H20F2N2O2. The molecule has 1 aromatic carbocycles. The van der Waals surface area contributed by atoms with Crippen molar-refractivity contribution < 1.29 is 18.4 Å². The number of piperazine rings is 1. The molecule has 0 spiro atoms. The largest absolute Gasteiger partial charge is 0.353 e. The summed E-state index contributed by atoms with van der Waals surface area (Å²) in [5.74, 6) is -1.42. The summed E-state index contributed by atoms with van der Waals surface area (Å²) in [5.41, 5.74) is 0.177. The van der Waals surface area contributed by atoms with Crippen LogP contribution in [-0.4, -0.2) is 35.8 Å². The molecule has 0 aliphatic carbocycles. The molecule has 120 valence electrons. The van der Waals surface area contributed by atoms with Gasteiger partial charge in [0.15, 0.2) is 0 Å². The monoisotopic (exact) mass is 310 g/mol. The first-order valence-corrected chi connectivity index (χ1v) is 7.41. The molecule has 1 heterocycles. The first-order valence-electron chi connectivity index (χ1n) is 7.41. The molecule has 0 saturated carbocycles. The molecule has 1 unspecified atom stereocenters. The Hall–Kier alpha value is -1.98. The predicted molar refractivity (Wildman–Crippen MR) is 78.0 cm³/mol. The zero-order valence-corrected chi connectivity index (χ0v) is 12.7. The number of nitrogens with zero attached hydrogens (tertiary/aromatic N) is 1. The van der Waals surface area contributed by atoms with Crippen LogP contribution in [0.1, 0.15) is 25.8 Å². The quantitative estimate of drug-likeness (QED) is 0.923. The Morgan fingerprint density at radius 1 is 1.41 bits per heavy atom. The normalized spacial score (nSPS) is 18.5. The van der Waals surface area contributed by atoms with Crippen molar-refractivity contribution in [3.05, 3.63) is 35.4 Å².